The number of aromatic nitrogens is 1. The summed E-state index contributed by atoms with van der Waals surface area (Å²) < 4.78 is 1.22. The number of likely N-dealkylation sites (tertiary alicyclic amines) is 1. The van der Waals surface area contributed by atoms with E-state index in [1.165, 1.54) is 4.70 Å². The number of piperidine rings is 1. The molecule has 7 heteroatoms. The zero-order valence-electron chi connectivity index (χ0n) is 17.1. The van der Waals surface area contributed by atoms with Crippen molar-refractivity contribution in [2.45, 2.75) is 25.7 Å². The van der Waals surface area contributed by atoms with Gasteiger partial charge in [-0.05, 0) is 56.6 Å². The molecule has 0 unspecified atom stereocenters. The number of hydrogen-bond acceptors (Lipinski definition) is 5. The SMILES string of the molecule is CCNC(=O)c1cccc(NC(=O)CN2CCC[C@H](c3nc4ccccc4s3)C2)c1. The van der Waals surface area contributed by atoms with Crippen molar-refractivity contribution in [3.8, 4) is 0 Å². The third-order valence-corrected chi connectivity index (χ3v) is 6.48. The Morgan fingerprint density at radius 3 is 2.90 bits per heavy atom. The monoisotopic (exact) mass is 422 g/mol. The van der Waals surface area contributed by atoms with Crippen LogP contribution in [0.15, 0.2) is 48.5 Å². The second kappa shape index (κ2) is 9.36. The second-order valence-corrected chi connectivity index (χ2v) is 8.64. The van der Waals surface area contributed by atoms with E-state index >= 15 is 0 Å². The van der Waals surface area contributed by atoms with Gasteiger partial charge in [0, 0.05) is 30.3 Å². The van der Waals surface area contributed by atoms with Gasteiger partial charge in [-0.3, -0.25) is 14.5 Å². The van der Waals surface area contributed by atoms with Gasteiger partial charge in [-0.2, -0.15) is 0 Å². The van der Waals surface area contributed by atoms with Gasteiger partial charge in [0.25, 0.3) is 5.91 Å². The topological polar surface area (TPSA) is 74.3 Å². The van der Waals surface area contributed by atoms with Crippen molar-refractivity contribution in [1.82, 2.24) is 15.2 Å². The first kappa shape index (κ1) is 20.5. The quantitative estimate of drug-likeness (QED) is 0.633. The summed E-state index contributed by atoms with van der Waals surface area (Å²) in [6.07, 6.45) is 2.16. The lowest BCUT2D eigenvalue weighted by Gasteiger charge is -2.31. The van der Waals surface area contributed by atoms with Crippen LogP contribution < -0.4 is 10.6 Å². The van der Waals surface area contributed by atoms with E-state index in [1.54, 1.807) is 35.6 Å². The van der Waals surface area contributed by atoms with Gasteiger partial charge in [-0.15, -0.1) is 11.3 Å². The van der Waals surface area contributed by atoms with Crippen LogP contribution >= 0.6 is 11.3 Å². The highest BCUT2D eigenvalue weighted by atomic mass is 32.1. The number of nitrogens with zero attached hydrogens (tertiary/aromatic N) is 2. The minimum atomic E-state index is -0.136. The molecule has 0 saturated carbocycles. The smallest absolute Gasteiger partial charge is 0.251 e. The van der Waals surface area contributed by atoms with Crippen LogP contribution in [-0.2, 0) is 4.79 Å². The number of amides is 2. The first-order chi connectivity index (χ1) is 14.6. The number of anilines is 1. The first-order valence-corrected chi connectivity index (χ1v) is 11.2. The number of thiazole rings is 1. The summed E-state index contributed by atoms with van der Waals surface area (Å²) in [6.45, 7) is 4.54. The Morgan fingerprint density at radius 2 is 2.07 bits per heavy atom. The Labute approximate surface area is 180 Å². The lowest BCUT2D eigenvalue weighted by atomic mass is 9.99. The third kappa shape index (κ3) is 4.86. The van der Waals surface area contributed by atoms with Gasteiger partial charge in [-0.1, -0.05) is 18.2 Å². The zero-order valence-corrected chi connectivity index (χ0v) is 17.9. The summed E-state index contributed by atoms with van der Waals surface area (Å²) in [6, 6.07) is 15.3. The Balaban J connectivity index is 1.36. The van der Waals surface area contributed by atoms with Gasteiger partial charge in [0.05, 0.1) is 21.8 Å². The fourth-order valence-electron chi connectivity index (χ4n) is 3.87. The number of para-hydroxylation sites is 1. The molecule has 2 heterocycles. The molecule has 0 bridgehead atoms. The standard InChI is InChI=1S/C23H26N4O2S/c1-2-24-22(29)16-7-5-9-18(13-16)25-21(28)15-27-12-6-8-17(14-27)23-26-19-10-3-4-11-20(19)30-23/h3-5,7,9-11,13,17H,2,6,8,12,14-15H2,1H3,(H,24,29)(H,25,28)/t17-/m0/s1. The second-order valence-electron chi connectivity index (χ2n) is 7.58. The Kier molecular flexibility index (Phi) is 6.40. The van der Waals surface area contributed by atoms with Crippen molar-refractivity contribution >= 4 is 39.1 Å². The highest BCUT2D eigenvalue weighted by Gasteiger charge is 2.25. The molecule has 2 N–H and O–H groups in total. The van der Waals surface area contributed by atoms with E-state index in [9.17, 15) is 9.59 Å². The molecular weight excluding hydrogens is 396 g/mol. The zero-order chi connectivity index (χ0) is 20.9. The van der Waals surface area contributed by atoms with E-state index in [1.807, 2.05) is 19.1 Å². The van der Waals surface area contributed by atoms with Gasteiger partial charge in [-0.25, -0.2) is 4.98 Å². The molecule has 2 aromatic carbocycles. The van der Waals surface area contributed by atoms with Crippen molar-refractivity contribution in [3.63, 3.8) is 0 Å². The highest BCUT2D eigenvalue weighted by Crippen LogP contribution is 2.32. The van der Waals surface area contributed by atoms with Crippen molar-refractivity contribution in [2.75, 3.05) is 31.5 Å². The van der Waals surface area contributed by atoms with Gasteiger partial charge < -0.3 is 10.6 Å². The molecule has 0 spiro atoms. The molecular formula is C23H26N4O2S. The highest BCUT2D eigenvalue weighted by molar-refractivity contribution is 7.18. The van der Waals surface area contributed by atoms with Gasteiger partial charge >= 0.3 is 0 Å². The van der Waals surface area contributed by atoms with Gasteiger partial charge in [0.2, 0.25) is 5.91 Å². The van der Waals surface area contributed by atoms with Crippen LogP contribution in [0.5, 0.6) is 0 Å². The molecule has 1 atom stereocenters. The summed E-state index contributed by atoms with van der Waals surface area (Å²) in [5.74, 6) is 0.168. The Hall–Kier alpha value is -2.77. The molecule has 3 aromatic rings. The van der Waals surface area contributed by atoms with Crippen LogP contribution in [0.2, 0.25) is 0 Å². The lowest BCUT2D eigenvalue weighted by molar-refractivity contribution is -0.117. The van der Waals surface area contributed by atoms with Crippen molar-refractivity contribution < 1.29 is 9.59 Å². The van der Waals surface area contributed by atoms with Gasteiger partial charge in [0.15, 0.2) is 0 Å². The molecule has 1 aliphatic heterocycles. The fourth-order valence-corrected chi connectivity index (χ4v) is 4.96. The molecule has 1 saturated heterocycles. The summed E-state index contributed by atoms with van der Waals surface area (Å²) in [4.78, 5) is 31.6. The lowest BCUT2D eigenvalue weighted by Crippen LogP contribution is -2.39. The number of fused-ring (bicyclic) bond motifs is 1. The maximum atomic E-state index is 12.6. The predicted molar refractivity (Wildman–Crippen MR) is 121 cm³/mol. The van der Waals surface area contributed by atoms with E-state index in [2.05, 4.69) is 27.7 Å². The number of carbonyl (C=O) groups excluding carboxylic acids is 2. The molecule has 0 aliphatic carbocycles. The fraction of sp³-hybridized carbons (Fsp3) is 0.348. The largest absolute Gasteiger partial charge is 0.352 e. The van der Waals surface area contributed by atoms with Crippen molar-refractivity contribution in [3.05, 3.63) is 59.1 Å². The number of carbonyl (C=O) groups is 2. The summed E-state index contributed by atoms with van der Waals surface area (Å²) >= 11 is 1.76. The first-order valence-electron chi connectivity index (χ1n) is 10.4. The Bertz CT molecular complexity index is 1020. The maximum Gasteiger partial charge on any atom is 0.251 e. The van der Waals surface area contributed by atoms with Crippen LogP contribution in [0, 0.1) is 0 Å². The van der Waals surface area contributed by atoms with E-state index in [-0.39, 0.29) is 11.8 Å². The summed E-state index contributed by atoms with van der Waals surface area (Å²) in [5, 5.41) is 6.87. The average molecular weight is 423 g/mol. The van der Waals surface area contributed by atoms with E-state index < -0.39 is 0 Å². The molecule has 4 rings (SSSR count). The van der Waals surface area contributed by atoms with Crippen LogP contribution in [0.25, 0.3) is 10.2 Å². The van der Waals surface area contributed by atoms with Gasteiger partial charge in [0.1, 0.15) is 0 Å². The molecule has 2 amide bonds. The molecule has 0 radical (unpaired) electrons. The molecule has 156 valence electrons. The number of benzene rings is 2. The molecule has 30 heavy (non-hydrogen) atoms. The Morgan fingerprint density at radius 1 is 1.20 bits per heavy atom. The van der Waals surface area contributed by atoms with Crippen LogP contribution in [0.1, 0.15) is 41.0 Å². The third-order valence-electron chi connectivity index (χ3n) is 5.28. The number of rotatable bonds is 6. The number of nitrogens with one attached hydrogen (secondary N) is 2. The average Bonchev–Trinajstić information content (AvgIpc) is 3.19. The van der Waals surface area contributed by atoms with E-state index in [0.717, 1.165) is 36.5 Å². The molecule has 1 aliphatic rings. The summed E-state index contributed by atoms with van der Waals surface area (Å²) in [5.41, 5.74) is 2.24. The van der Waals surface area contributed by atoms with Crippen molar-refractivity contribution in [1.29, 1.82) is 0 Å². The normalized spacial score (nSPS) is 17.0. The number of hydrogen-bond donors (Lipinski definition) is 2. The van der Waals surface area contributed by atoms with E-state index in [4.69, 9.17) is 4.98 Å². The predicted octanol–water partition coefficient (Wildman–Crippen LogP) is 3.86. The van der Waals surface area contributed by atoms with Crippen molar-refractivity contribution in [2.24, 2.45) is 0 Å². The molecule has 1 fully saturated rings. The van der Waals surface area contributed by atoms with E-state index in [0.29, 0.717) is 30.3 Å². The van der Waals surface area contributed by atoms with Crippen LogP contribution in [-0.4, -0.2) is 47.9 Å². The summed E-state index contributed by atoms with van der Waals surface area (Å²) in [7, 11) is 0. The molecule has 6 nitrogen and oxygen atoms in total. The minimum Gasteiger partial charge on any atom is -0.352 e. The molecule has 1 aromatic heterocycles. The maximum absolute atomic E-state index is 12.6. The van der Waals surface area contributed by atoms with Crippen LogP contribution in [0.3, 0.4) is 0 Å². The van der Waals surface area contributed by atoms with Crippen LogP contribution in [0.4, 0.5) is 5.69 Å². The minimum absolute atomic E-state index is 0.0620.